The molecule has 6 nitrogen and oxygen atoms in total. The number of carbonyl (C=O) groups is 2. The number of amides is 1. The topological polar surface area (TPSA) is 84.2 Å². The summed E-state index contributed by atoms with van der Waals surface area (Å²) in [6.45, 7) is 6.12. The fourth-order valence-corrected chi connectivity index (χ4v) is 2.48. The van der Waals surface area contributed by atoms with Crippen LogP contribution in [-0.4, -0.2) is 33.3 Å². The number of hydrogen-bond acceptors (Lipinski definition) is 3. The molecular formula is C19H25N3O3. The molecule has 2 N–H and O–H groups in total. The summed E-state index contributed by atoms with van der Waals surface area (Å²) in [6, 6.07) is 9.80. The number of aryl methyl sites for hydroxylation is 1. The number of carboxylic acid groups (broad SMARTS) is 1. The van der Waals surface area contributed by atoms with Gasteiger partial charge in [0, 0.05) is 18.8 Å². The van der Waals surface area contributed by atoms with Gasteiger partial charge in [0.1, 0.15) is 0 Å². The molecule has 0 saturated carbocycles. The third-order valence-corrected chi connectivity index (χ3v) is 4.03. The van der Waals surface area contributed by atoms with E-state index in [-0.39, 0.29) is 24.9 Å². The van der Waals surface area contributed by atoms with Gasteiger partial charge in [0.05, 0.1) is 18.0 Å². The Kier molecular flexibility index (Phi) is 6.33. The van der Waals surface area contributed by atoms with Crippen LogP contribution in [0.4, 0.5) is 0 Å². The number of benzene rings is 1. The van der Waals surface area contributed by atoms with Crippen LogP contribution in [0.3, 0.4) is 0 Å². The molecule has 1 heterocycles. The lowest BCUT2D eigenvalue weighted by Crippen LogP contribution is -2.35. The lowest BCUT2D eigenvalue weighted by atomic mass is 9.98. The molecule has 0 bridgehead atoms. The van der Waals surface area contributed by atoms with Crippen LogP contribution >= 0.6 is 0 Å². The Hall–Kier alpha value is -2.63. The van der Waals surface area contributed by atoms with Crippen LogP contribution in [0, 0.1) is 12.8 Å². The van der Waals surface area contributed by atoms with Gasteiger partial charge in [-0.15, -0.1) is 0 Å². The van der Waals surface area contributed by atoms with Crippen LogP contribution < -0.4 is 5.32 Å². The van der Waals surface area contributed by atoms with E-state index in [1.807, 2.05) is 51.2 Å². The van der Waals surface area contributed by atoms with Gasteiger partial charge >= 0.3 is 5.97 Å². The van der Waals surface area contributed by atoms with E-state index in [1.54, 1.807) is 10.7 Å². The summed E-state index contributed by atoms with van der Waals surface area (Å²) in [5.74, 6) is -1.78. The second-order valence-electron chi connectivity index (χ2n) is 6.59. The first kappa shape index (κ1) is 18.7. The van der Waals surface area contributed by atoms with Crippen LogP contribution in [0.1, 0.15) is 36.7 Å². The highest BCUT2D eigenvalue weighted by Gasteiger charge is 2.19. The number of carbonyl (C=O) groups excluding carboxylic acids is 1. The molecule has 0 aliphatic heterocycles. The summed E-state index contributed by atoms with van der Waals surface area (Å²) in [4.78, 5) is 23.5. The van der Waals surface area contributed by atoms with Crippen molar-refractivity contribution in [1.29, 1.82) is 0 Å². The van der Waals surface area contributed by atoms with Crippen molar-refractivity contribution in [3.05, 3.63) is 53.3 Å². The lowest BCUT2D eigenvalue weighted by molar-refractivity contribution is -0.141. The zero-order valence-electron chi connectivity index (χ0n) is 14.9. The number of carboxylic acids is 1. The van der Waals surface area contributed by atoms with Crippen LogP contribution in [0.15, 0.2) is 36.5 Å². The van der Waals surface area contributed by atoms with Crippen molar-refractivity contribution in [1.82, 2.24) is 15.1 Å². The second kappa shape index (κ2) is 8.46. The maximum absolute atomic E-state index is 12.1. The molecule has 0 saturated heterocycles. The number of aliphatic carboxylic acids is 1. The predicted molar refractivity (Wildman–Crippen MR) is 95.3 cm³/mol. The Labute approximate surface area is 147 Å². The molecule has 0 spiro atoms. The maximum atomic E-state index is 12.1. The van der Waals surface area contributed by atoms with E-state index >= 15 is 0 Å². The number of nitrogens with one attached hydrogen (secondary N) is 1. The van der Waals surface area contributed by atoms with Gasteiger partial charge in [0.2, 0.25) is 5.91 Å². The molecule has 1 atom stereocenters. The molecule has 1 aromatic carbocycles. The molecule has 134 valence electrons. The quantitative estimate of drug-likeness (QED) is 0.771. The highest BCUT2D eigenvalue weighted by Crippen LogP contribution is 2.11. The van der Waals surface area contributed by atoms with Gasteiger partial charge in [-0.25, -0.2) is 0 Å². The third kappa shape index (κ3) is 5.74. The Morgan fingerprint density at radius 2 is 1.88 bits per heavy atom. The molecule has 1 aromatic heterocycles. The molecule has 25 heavy (non-hydrogen) atoms. The minimum absolute atomic E-state index is 0.104. The summed E-state index contributed by atoms with van der Waals surface area (Å²) in [5.41, 5.74) is 2.75. The molecule has 0 unspecified atom stereocenters. The Balaban J connectivity index is 1.88. The first-order valence-electron chi connectivity index (χ1n) is 8.44. The number of hydrogen-bond donors (Lipinski definition) is 2. The first-order valence-corrected chi connectivity index (χ1v) is 8.44. The van der Waals surface area contributed by atoms with Crippen molar-refractivity contribution in [2.24, 2.45) is 5.92 Å². The number of rotatable bonds is 8. The Bertz CT molecular complexity index is 720. The molecule has 0 aliphatic rings. The van der Waals surface area contributed by atoms with E-state index in [0.717, 1.165) is 11.1 Å². The normalized spacial score (nSPS) is 12.2. The monoisotopic (exact) mass is 343 g/mol. The number of aromatic nitrogens is 2. The van der Waals surface area contributed by atoms with Gasteiger partial charge < -0.3 is 10.4 Å². The molecule has 1 amide bonds. The highest BCUT2D eigenvalue weighted by molar-refractivity contribution is 5.79. The average molecular weight is 343 g/mol. The van der Waals surface area contributed by atoms with E-state index in [9.17, 15) is 14.7 Å². The first-order chi connectivity index (χ1) is 11.8. The Morgan fingerprint density at radius 1 is 1.20 bits per heavy atom. The van der Waals surface area contributed by atoms with Gasteiger partial charge in [-0.2, -0.15) is 5.10 Å². The van der Waals surface area contributed by atoms with E-state index in [0.29, 0.717) is 12.1 Å². The summed E-state index contributed by atoms with van der Waals surface area (Å²) >= 11 is 0. The summed E-state index contributed by atoms with van der Waals surface area (Å²) < 4.78 is 1.79. The molecule has 2 aromatic rings. The highest BCUT2D eigenvalue weighted by atomic mass is 16.4. The van der Waals surface area contributed by atoms with Gasteiger partial charge in [0.25, 0.3) is 0 Å². The van der Waals surface area contributed by atoms with Crippen LogP contribution in [0.2, 0.25) is 0 Å². The lowest BCUT2D eigenvalue weighted by Gasteiger charge is -2.13. The van der Waals surface area contributed by atoms with Gasteiger partial charge in [-0.3, -0.25) is 14.3 Å². The molecule has 0 aliphatic carbocycles. The molecular weight excluding hydrogens is 318 g/mol. The molecule has 2 rings (SSSR count). The minimum Gasteiger partial charge on any atom is -0.481 e. The molecule has 0 fully saturated rings. The van der Waals surface area contributed by atoms with Crippen LogP contribution in [0.25, 0.3) is 0 Å². The van der Waals surface area contributed by atoms with Crippen molar-refractivity contribution in [3.8, 4) is 0 Å². The maximum Gasteiger partial charge on any atom is 0.308 e. The van der Waals surface area contributed by atoms with Gasteiger partial charge in [-0.05, 0) is 38.8 Å². The van der Waals surface area contributed by atoms with Gasteiger partial charge in [-0.1, -0.05) is 29.8 Å². The number of nitrogens with zero attached hydrogens (tertiary/aromatic N) is 2. The molecule has 6 heteroatoms. The minimum atomic E-state index is -0.912. The van der Waals surface area contributed by atoms with E-state index in [1.165, 1.54) is 0 Å². The van der Waals surface area contributed by atoms with Crippen molar-refractivity contribution in [3.63, 3.8) is 0 Å². The average Bonchev–Trinajstić information content (AvgIpc) is 3.01. The largest absolute Gasteiger partial charge is 0.481 e. The van der Waals surface area contributed by atoms with Crippen molar-refractivity contribution in [2.75, 3.05) is 6.54 Å². The van der Waals surface area contributed by atoms with E-state index < -0.39 is 11.9 Å². The van der Waals surface area contributed by atoms with E-state index in [2.05, 4.69) is 10.4 Å². The zero-order valence-corrected chi connectivity index (χ0v) is 14.9. The van der Waals surface area contributed by atoms with Gasteiger partial charge in [0.15, 0.2) is 0 Å². The summed E-state index contributed by atoms with van der Waals surface area (Å²) in [7, 11) is 0. The Morgan fingerprint density at radius 3 is 2.44 bits per heavy atom. The summed E-state index contributed by atoms with van der Waals surface area (Å²) in [5, 5.41) is 16.4. The van der Waals surface area contributed by atoms with E-state index in [4.69, 9.17) is 0 Å². The fraction of sp³-hybridized carbons (Fsp3) is 0.421. The predicted octanol–water partition coefficient (Wildman–Crippen LogP) is 2.37. The summed E-state index contributed by atoms with van der Waals surface area (Å²) in [6.07, 6.45) is 2.37. The fourth-order valence-electron chi connectivity index (χ4n) is 2.48. The standard InChI is InChI=1S/C19H25N3O3/c1-13(2)22-9-8-17(21-22)11-18(23)20-12-16(19(24)25)10-15-6-4-14(3)5-7-15/h4-9,13,16H,10-12H2,1-3H3,(H,20,23)(H,24,25)/t16-/m0/s1. The van der Waals surface area contributed by atoms with Crippen molar-refractivity contribution in [2.45, 2.75) is 39.7 Å². The van der Waals surface area contributed by atoms with Crippen LogP contribution in [-0.2, 0) is 22.4 Å². The zero-order chi connectivity index (χ0) is 18.4. The van der Waals surface area contributed by atoms with Crippen LogP contribution in [0.5, 0.6) is 0 Å². The van der Waals surface area contributed by atoms with Crippen molar-refractivity contribution < 1.29 is 14.7 Å². The smallest absolute Gasteiger partial charge is 0.308 e. The second-order valence-corrected chi connectivity index (χ2v) is 6.59. The third-order valence-electron chi connectivity index (χ3n) is 4.03. The SMILES string of the molecule is Cc1ccc(C[C@@H](CNC(=O)Cc2ccn(C(C)C)n2)C(=O)O)cc1. The molecule has 0 radical (unpaired) electrons. The van der Waals surface area contributed by atoms with Crippen molar-refractivity contribution >= 4 is 11.9 Å².